The first kappa shape index (κ1) is 17.2. The van der Waals surface area contributed by atoms with Crippen LogP contribution in [0.4, 0.5) is 5.69 Å². The second-order valence-electron chi connectivity index (χ2n) is 5.57. The number of aryl methyl sites for hydroxylation is 1. The summed E-state index contributed by atoms with van der Waals surface area (Å²) >= 11 is 3.37. The number of carbonyl (C=O) groups excluding carboxylic acids is 1. The standard InChI is InChI=1S/C18H17BrN4O2/c1-11-4-9-16(25-3)15(10-11)23-12(2)17(21-22-23)18(24)20-14-7-5-13(19)6-8-14/h4-10H,1-3H3,(H,20,24). The molecule has 128 valence electrons. The summed E-state index contributed by atoms with van der Waals surface area (Å²) in [7, 11) is 1.60. The number of nitrogens with zero attached hydrogens (tertiary/aromatic N) is 3. The number of amides is 1. The fraction of sp³-hybridized carbons (Fsp3) is 0.167. The third kappa shape index (κ3) is 3.56. The van der Waals surface area contributed by atoms with Crippen molar-refractivity contribution in [3.63, 3.8) is 0 Å². The molecule has 0 saturated heterocycles. The van der Waals surface area contributed by atoms with E-state index >= 15 is 0 Å². The van der Waals surface area contributed by atoms with Gasteiger partial charge in [0.25, 0.3) is 5.91 Å². The molecule has 25 heavy (non-hydrogen) atoms. The highest BCUT2D eigenvalue weighted by molar-refractivity contribution is 9.10. The van der Waals surface area contributed by atoms with Crippen molar-refractivity contribution in [3.05, 3.63) is 63.9 Å². The molecule has 1 aromatic heterocycles. The molecule has 0 aliphatic heterocycles. The summed E-state index contributed by atoms with van der Waals surface area (Å²) in [4.78, 5) is 12.5. The molecule has 0 spiro atoms. The van der Waals surface area contributed by atoms with E-state index in [-0.39, 0.29) is 11.6 Å². The third-order valence-corrected chi connectivity index (χ3v) is 4.30. The molecule has 0 atom stereocenters. The molecule has 0 aliphatic carbocycles. The first-order valence-electron chi connectivity index (χ1n) is 7.64. The second kappa shape index (κ2) is 7.06. The summed E-state index contributed by atoms with van der Waals surface area (Å²) in [5.41, 5.74) is 3.40. The number of hydrogen-bond acceptors (Lipinski definition) is 4. The Bertz CT molecular complexity index is 919. The van der Waals surface area contributed by atoms with Gasteiger partial charge in [0, 0.05) is 10.2 Å². The van der Waals surface area contributed by atoms with Crippen LogP contribution in [-0.2, 0) is 0 Å². The maximum Gasteiger partial charge on any atom is 0.278 e. The Morgan fingerprint density at radius 3 is 2.56 bits per heavy atom. The normalized spacial score (nSPS) is 10.6. The summed E-state index contributed by atoms with van der Waals surface area (Å²) in [6.45, 7) is 3.79. The summed E-state index contributed by atoms with van der Waals surface area (Å²) in [5.74, 6) is 0.358. The van der Waals surface area contributed by atoms with Gasteiger partial charge in [-0.25, -0.2) is 4.68 Å². The summed E-state index contributed by atoms with van der Waals surface area (Å²) < 4.78 is 7.95. The van der Waals surface area contributed by atoms with Gasteiger partial charge in [-0.05, 0) is 55.8 Å². The molecule has 0 unspecified atom stereocenters. The van der Waals surface area contributed by atoms with Crippen LogP contribution in [0, 0.1) is 13.8 Å². The average molecular weight is 401 g/mol. The number of rotatable bonds is 4. The van der Waals surface area contributed by atoms with Gasteiger partial charge in [-0.2, -0.15) is 0 Å². The van der Waals surface area contributed by atoms with Crippen LogP contribution >= 0.6 is 15.9 Å². The third-order valence-electron chi connectivity index (χ3n) is 3.77. The van der Waals surface area contributed by atoms with Crippen LogP contribution < -0.4 is 10.1 Å². The second-order valence-corrected chi connectivity index (χ2v) is 6.49. The van der Waals surface area contributed by atoms with E-state index in [4.69, 9.17) is 4.74 Å². The Morgan fingerprint density at radius 2 is 1.88 bits per heavy atom. The summed E-state index contributed by atoms with van der Waals surface area (Å²) in [5, 5.41) is 11.0. The van der Waals surface area contributed by atoms with E-state index in [0.29, 0.717) is 17.1 Å². The molecule has 3 aromatic rings. The average Bonchev–Trinajstić information content (AvgIpc) is 2.98. The van der Waals surface area contributed by atoms with E-state index in [2.05, 4.69) is 31.6 Å². The molecule has 0 radical (unpaired) electrons. The van der Waals surface area contributed by atoms with E-state index in [1.54, 1.807) is 18.7 Å². The lowest BCUT2D eigenvalue weighted by Gasteiger charge is -2.10. The van der Waals surface area contributed by atoms with Crippen molar-refractivity contribution in [2.75, 3.05) is 12.4 Å². The van der Waals surface area contributed by atoms with Gasteiger partial charge in [0.15, 0.2) is 5.69 Å². The zero-order valence-electron chi connectivity index (χ0n) is 14.1. The number of carbonyl (C=O) groups is 1. The smallest absolute Gasteiger partial charge is 0.278 e. The lowest BCUT2D eigenvalue weighted by Crippen LogP contribution is -2.14. The van der Waals surface area contributed by atoms with Gasteiger partial charge >= 0.3 is 0 Å². The number of nitrogens with one attached hydrogen (secondary N) is 1. The minimum absolute atomic E-state index is 0.270. The van der Waals surface area contributed by atoms with Crippen LogP contribution in [0.15, 0.2) is 46.9 Å². The maximum absolute atomic E-state index is 12.5. The highest BCUT2D eigenvalue weighted by Gasteiger charge is 2.19. The SMILES string of the molecule is COc1ccc(C)cc1-n1nnc(C(=O)Nc2ccc(Br)cc2)c1C. The Morgan fingerprint density at radius 1 is 1.16 bits per heavy atom. The first-order chi connectivity index (χ1) is 12.0. The van der Waals surface area contributed by atoms with Crippen molar-refractivity contribution < 1.29 is 9.53 Å². The molecule has 0 bridgehead atoms. The predicted octanol–water partition coefficient (Wildman–Crippen LogP) is 3.91. The van der Waals surface area contributed by atoms with Crippen LogP contribution in [0.5, 0.6) is 5.75 Å². The molecular weight excluding hydrogens is 384 g/mol. The van der Waals surface area contributed by atoms with Gasteiger partial charge in [-0.1, -0.05) is 27.2 Å². The Balaban J connectivity index is 1.92. The highest BCUT2D eigenvalue weighted by atomic mass is 79.9. The number of anilines is 1. The molecule has 1 N–H and O–H groups in total. The number of hydrogen-bond donors (Lipinski definition) is 1. The van der Waals surface area contributed by atoms with Crippen LogP contribution in [0.3, 0.4) is 0 Å². The van der Waals surface area contributed by atoms with Crippen molar-refractivity contribution in [1.82, 2.24) is 15.0 Å². The number of aromatic nitrogens is 3. The largest absolute Gasteiger partial charge is 0.494 e. The predicted molar refractivity (Wildman–Crippen MR) is 99.5 cm³/mol. The van der Waals surface area contributed by atoms with E-state index in [0.717, 1.165) is 15.7 Å². The molecule has 2 aromatic carbocycles. The van der Waals surface area contributed by atoms with Crippen LogP contribution in [0.25, 0.3) is 5.69 Å². The minimum Gasteiger partial charge on any atom is -0.494 e. The topological polar surface area (TPSA) is 69.0 Å². The van der Waals surface area contributed by atoms with Gasteiger partial charge in [-0.15, -0.1) is 5.10 Å². The van der Waals surface area contributed by atoms with Crippen LogP contribution in [0.2, 0.25) is 0 Å². The first-order valence-corrected chi connectivity index (χ1v) is 8.43. The Hall–Kier alpha value is -2.67. The van der Waals surface area contributed by atoms with Crippen molar-refractivity contribution in [3.8, 4) is 11.4 Å². The van der Waals surface area contributed by atoms with Gasteiger partial charge in [0.1, 0.15) is 11.4 Å². The summed E-state index contributed by atoms with van der Waals surface area (Å²) in [6, 6.07) is 13.1. The molecule has 3 rings (SSSR count). The Kier molecular flexibility index (Phi) is 4.85. The number of benzene rings is 2. The van der Waals surface area contributed by atoms with Crippen molar-refractivity contribution >= 4 is 27.5 Å². The molecule has 1 amide bonds. The lowest BCUT2D eigenvalue weighted by atomic mass is 10.2. The van der Waals surface area contributed by atoms with Crippen molar-refractivity contribution in [2.45, 2.75) is 13.8 Å². The number of halogens is 1. The fourth-order valence-corrected chi connectivity index (χ4v) is 2.72. The van der Waals surface area contributed by atoms with Gasteiger partial charge in [0.2, 0.25) is 0 Å². The molecule has 0 saturated carbocycles. The summed E-state index contributed by atoms with van der Waals surface area (Å²) in [6.07, 6.45) is 0. The monoisotopic (exact) mass is 400 g/mol. The molecule has 7 heteroatoms. The van der Waals surface area contributed by atoms with Gasteiger partial charge in [-0.3, -0.25) is 4.79 Å². The quantitative estimate of drug-likeness (QED) is 0.720. The van der Waals surface area contributed by atoms with Gasteiger partial charge in [0.05, 0.1) is 12.8 Å². The number of methoxy groups -OCH3 is 1. The van der Waals surface area contributed by atoms with Crippen LogP contribution in [-0.4, -0.2) is 28.0 Å². The van der Waals surface area contributed by atoms with E-state index in [9.17, 15) is 4.79 Å². The Labute approximate surface area is 153 Å². The van der Waals surface area contributed by atoms with Crippen molar-refractivity contribution in [2.24, 2.45) is 0 Å². The van der Waals surface area contributed by atoms with Gasteiger partial charge < -0.3 is 10.1 Å². The maximum atomic E-state index is 12.5. The number of ether oxygens (including phenoxy) is 1. The highest BCUT2D eigenvalue weighted by Crippen LogP contribution is 2.25. The zero-order chi connectivity index (χ0) is 18.0. The van der Waals surface area contributed by atoms with E-state index < -0.39 is 0 Å². The molecule has 0 fully saturated rings. The molecular formula is C18H17BrN4O2. The van der Waals surface area contributed by atoms with E-state index in [1.807, 2.05) is 49.4 Å². The molecule has 6 nitrogen and oxygen atoms in total. The van der Waals surface area contributed by atoms with Crippen LogP contribution in [0.1, 0.15) is 21.7 Å². The fourth-order valence-electron chi connectivity index (χ4n) is 2.46. The molecule has 0 aliphatic rings. The lowest BCUT2D eigenvalue weighted by molar-refractivity contribution is 0.102. The van der Waals surface area contributed by atoms with E-state index in [1.165, 1.54) is 0 Å². The van der Waals surface area contributed by atoms with Crippen molar-refractivity contribution in [1.29, 1.82) is 0 Å². The zero-order valence-corrected chi connectivity index (χ0v) is 15.7. The molecule has 1 heterocycles. The minimum atomic E-state index is -0.308.